The molecule has 0 aliphatic carbocycles. The molecule has 0 fully saturated rings. The molecular weight excluding hydrogens is 370 g/mol. The largest absolute Gasteiger partial charge is 0.480 e. The summed E-state index contributed by atoms with van der Waals surface area (Å²) in [6.07, 6.45) is 0.159. The summed E-state index contributed by atoms with van der Waals surface area (Å²) < 4.78 is 1.75. The van der Waals surface area contributed by atoms with E-state index in [-0.39, 0.29) is 6.42 Å². The molecule has 2 aromatic carbocycles. The van der Waals surface area contributed by atoms with E-state index in [9.17, 15) is 19.5 Å². The zero-order valence-electron chi connectivity index (χ0n) is 16.3. The predicted octanol–water partition coefficient (Wildman–Crippen LogP) is 2.11. The number of carbonyl (C=O) groups excluding carboxylic acids is 2. The standard InChI is InChI=1S/C22H23N3O4/c1-14(20(26)24-17(22(28)29)12-15-8-4-3-5-9-15)23-21(27)19-13-16-10-6-7-11-18(16)25(19)2/h3-11,13-14,17H,12H2,1-2H3,(H,23,27)(H,24,26)(H,28,29). The third kappa shape index (κ3) is 4.63. The Morgan fingerprint density at radius 1 is 1.00 bits per heavy atom. The third-order valence-electron chi connectivity index (χ3n) is 4.82. The van der Waals surface area contributed by atoms with Gasteiger partial charge in [-0.1, -0.05) is 48.5 Å². The van der Waals surface area contributed by atoms with E-state index in [2.05, 4.69) is 10.6 Å². The summed E-state index contributed by atoms with van der Waals surface area (Å²) in [7, 11) is 1.78. The number of nitrogens with one attached hydrogen (secondary N) is 2. The molecule has 0 saturated carbocycles. The van der Waals surface area contributed by atoms with E-state index in [1.54, 1.807) is 29.8 Å². The van der Waals surface area contributed by atoms with Crippen LogP contribution >= 0.6 is 0 Å². The number of hydrogen-bond acceptors (Lipinski definition) is 3. The monoisotopic (exact) mass is 393 g/mol. The molecule has 2 atom stereocenters. The Labute approximate surface area is 168 Å². The van der Waals surface area contributed by atoms with E-state index >= 15 is 0 Å². The number of aromatic nitrogens is 1. The number of para-hydroxylation sites is 1. The fourth-order valence-electron chi connectivity index (χ4n) is 3.19. The highest BCUT2D eigenvalue weighted by Crippen LogP contribution is 2.18. The van der Waals surface area contributed by atoms with Crippen LogP contribution in [0.4, 0.5) is 0 Å². The van der Waals surface area contributed by atoms with Crippen molar-refractivity contribution in [2.45, 2.75) is 25.4 Å². The van der Waals surface area contributed by atoms with Crippen LogP contribution < -0.4 is 10.6 Å². The first kappa shape index (κ1) is 20.1. The minimum Gasteiger partial charge on any atom is -0.480 e. The molecule has 2 amide bonds. The average molecular weight is 393 g/mol. The minimum absolute atomic E-state index is 0.159. The predicted molar refractivity (Wildman–Crippen MR) is 110 cm³/mol. The Balaban J connectivity index is 1.66. The maximum Gasteiger partial charge on any atom is 0.326 e. The summed E-state index contributed by atoms with van der Waals surface area (Å²) in [5.74, 6) is -2.09. The lowest BCUT2D eigenvalue weighted by Gasteiger charge is -2.19. The maximum absolute atomic E-state index is 12.6. The van der Waals surface area contributed by atoms with Crippen LogP contribution in [0.15, 0.2) is 60.7 Å². The van der Waals surface area contributed by atoms with Crippen LogP contribution in [0.2, 0.25) is 0 Å². The Morgan fingerprint density at radius 2 is 1.66 bits per heavy atom. The number of hydrogen-bond donors (Lipinski definition) is 3. The molecular formula is C22H23N3O4. The topological polar surface area (TPSA) is 100 Å². The van der Waals surface area contributed by atoms with Gasteiger partial charge in [0.15, 0.2) is 0 Å². The SMILES string of the molecule is CC(NC(=O)c1cc2ccccc2n1C)C(=O)NC(Cc1ccccc1)C(=O)O. The van der Waals surface area contributed by atoms with Gasteiger partial charge in [0, 0.05) is 24.4 Å². The lowest BCUT2D eigenvalue weighted by molar-refractivity contribution is -0.142. The molecule has 2 unspecified atom stereocenters. The molecule has 0 spiro atoms. The van der Waals surface area contributed by atoms with Gasteiger partial charge < -0.3 is 20.3 Å². The van der Waals surface area contributed by atoms with Gasteiger partial charge in [-0.15, -0.1) is 0 Å². The molecule has 29 heavy (non-hydrogen) atoms. The number of carboxylic acid groups (broad SMARTS) is 1. The first-order valence-corrected chi connectivity index (χ1v) is 9.29. The lowest BCUT2D eigenvalue weighted by atomic mass is 10.1. The van der Waals surface area contributed by atoms with Gasteiger partial charge in [-0.05, 0) is 24.6 Å². The van der Waals surface area contributed by atoms with E-state index in [0.29, 0.717) is 5.69 Å². The molecule has 0 aliphatic heterocycles. The van der Waals surface area contributed by atoms with Crippen molar-refractivity contribution in [1.29, 1.82) is 0 Å². The molecule has 3 N–H and O–H groups in total. The smallest absolute Gasteiger partial charge is 0.326 e. The number of carboxylic acids is 1. The van der Waals surface area contributed by atoms with Crippen molar-refractivity contribution < 1.29 is 19.5 Å². The van der Waals surface area contributed by atoms with Crippen molar-refractivity contribution in [3.8, 4) is 0 Å². The van der Waals surface area contributed by atoms with E-state index in [1.807, 2.05) is 42.5 Å². The average Bonchev–Trinajstić information content (AvgIpc) is 3.05. The summed E-state index contributed by atoms with van der Waals surface area (Å²) in [6, 6.07) is 16.4. The van der Waals surface area contributed by atoms with Gasteiger partial charge in [-0.25, -0.2) is 4.79 Å². The molecule has 7 nitrogen and oxygen atoms in total. The van der Waals surface area contributed by atoms with Gasteiger partial charge >= 0.3 is 5.97 Å². The summed E-state index contributed by atoms with van der Waals surface area (Å²) in [5, 5.41) is 15.5. The van der Waals surface area contributed by atoms with Crippen LogP contribution in [0.3, 0.4) is 0 Å². The second-order valence-electron chi connectivity index (χ2n) is 6.93. The zero-order chi connectivity index (χ0) is 21.0. The fraction of sp³-hybridized carbons (Fsp3) is 0.227. The van der Waals surface area contributed by atoms with Crippen LogP contribution in [0.25, 0.3) is 10.9 Å². The quantitative estimate of drug-likeness (QED) is 0.572. The van der Waals surface area contributed by atoms with Gasteiger partial charge in [0.1, 0.15) is 17.8 Å². The Bertz CT molecular complexity index is 1040. The summed E-state index contributed by atoms with van der Waals surface area (Å²) in [4.78, 5) is 36.7. The Morgan fingerprint density at radius 3 is 2.31 bits per heavy atom. The van der Waals surface area contributed by atoms with Gasteiger partial charge in [0.05, 0.1) is 0 Å². The highest BCUT2D eigenvalue weighted by atomic mass is 16.4. The van der Waals surface area contributed by atoms with Gasteiger partial charge in [0.25, 0.3) is 5.91 Å². The van der Waals surface area contributed by atoms with E-state index < -0.39 is 29.9 Å². The maximum atomic E-state index is 12.6. The van der Waals surface area contributed by atoms with E-state index in [1.165, 1.54) is 6.92 Å². The molecule has 1 aromatic heterocycles. The van der Waals surface area contributed by atoms with Gasteiger partial charge in [-0.3, -0.25) is 9.59 Å². The van der Waals surface area contributed by atoms with Crippen LogP contribution in [-0.2, 0) is 23.1 Å². The van der Waals surface area contributed by atoms with Crippen LogP contribution in [-0.4, -0.2) is 39.5 Å². The Kier molecular flexibility index (Phi) is 5.97. The number of aryl methyl sites for hydroxylation is 1. The van der Waals surface area contributed by atoms with Crippen molar-refractivity contribution in [3.63, 3.8) is 0 Å². The Hall–Kier alpha value is -3.61. The van der Waals surface area contributed by atoms with E-state index in [4.69, 9.17) is 0 Å². The number of aliphatic carboxylic acids is 1. The van der Waals surface area contributed by atoms with Crippen molar-refractivity contribution in [1.82, 2.24) is 15.2 Å². The van der Waals surface area contributed by atoms with E-state index in [0.717, 1.165) is 16.5 Å². The number of amides is 2. The third-order valence-corrected chi connectivity index (χ3v) is 4.82. The normalized spacial score (nSPS) is 12.9. The molecule has 3 rings (SSSR count). The van der Waals surface area contributed by atoms with Crippen LogP contribution in [0, 0.1) is 0 Å². The molecule has 1 heterocycles. The number of nitrogens with zero attached hydrogens (tertiary/aromatic N) is 1. The summed E-state index contributed by atoms with van der Waals surface area (Å²) >= 11 is 0. The number of rotatable bonds is 7. The highest BCUT2D eigenvalue weighted by Gasteiger charge is 2.25. The van der Waals surface area contributed by atoms with Crippen molar-refractivity contribution in [3.05, 3.63) is 71.9 Å². The highest BCUT2D eigenvalue weighted by molar-refractivity contribution is 6.01. The first-order chi connectivity index (χ1) is 13.9. The zero-order valence-corrected chi connectivity index (χ0v) is 16.3. The number of carbonyl (C=O) groups is 3. The van der Waals surface area contributed by atoms with Crippen LogP contribution in [0.5, 0.6) is 0 Å². The molecule has 0 bridgehead atoms. The number of benzene rings is 2. The summed E-state index contributed by atoms with van der Waals surface area (Å²) in [5.41, 5.74) is 2.13. The molecule has 3 aromatic rings. The van der Waals surface area contributed by atoms with Crippen molar-refractivity contribution >= 4 is 28.7 Å². The molecule has 0 radical (unpaired) electrons. The second kappa shape index (κ2) is 8.60. The van der Waals surface area contributed by atoms with Crippen LogP contribution in [0.1, 0.15) is 23.0 Å². The van der Waals surface area contributed by atoms with Crippen molar-refractivity contribution in [2.24, 2.45) is 7.05 Å². The van der Waals surface area contributed by atoms with Gasteiger partial charge in [-0.2, -0.15) is 0 Å². The number of fused-ring (bicyclic) bond motifs is 1. The molecule has 0 aliphatic rings. The van der Waals surface area contributed by atoms with Crippen molar-refractivity contribution in [2.75, 3.05) is 0 Å². The second-order valence-corrected chi connectivity index (χ2v) is 6.93. The van der Waals surface area contributed by atoms with Gasteiger partial charge in [0.2, 0.25) is 5.91 Å². The first-order valence-electron chi connectivity index (χ1n) is 9.29. The minimum atomic E-state index is -1.13. The lowest BCUT2D eigenvalue weighted by Crippen LogP contribution is -2.51. The molecule has 150 valence electrons. The molecule has 0 saturated heterocycles. The fourth-order valence-corrected chi connectivity index (χ4v) is 3.19. The molecule has 7 heteroatoms. The summed E-state index contributed by atoms with van der Waals surface area (Å²) in [6.45, 7) is 1.53.